The highest BCUT2D eigenvalue weighted by molar-refractivity contribution is 5.79. The number of carbonyl (C=O) groups excluding carboxylic acids is 2. The van der Waals surface area contributed by atoms with E-state index >= 15 is 0 Å². The second kappa shape index (κ2) is 29.6. The molecule has 5 N–H and O–H groups in total. The Kier molecular flexibility index (Phi) is 28.1. The molecule has 0 atom stereocenters. The van der Waals surface area contributed by atoms with Crippen LogP contribution in [-0.2, 0) is 22.4 Å². The summed E-state index contributed by atoms with van der Waals surface area (Å²) in [5, 5.41) is 2.77. The monoisotopic (exact) mass is 581 g/mol. The van der Waals surface area contributed by atoms with Gasteiger partial charge in [0.25, 0.3) is 0 Å². The highest BCUT2D eigenvalue weighted by atomic mass is 19.1. The number of allylic oxidation sites excluding steroid dienone is 2. The molecule has 1 aromatic carbocycles. The van der Waals surface area contributed by atoms with E-state index in [-0.39, 0.29) is 25.4 Å². The first-order valence-electron chi connectivity index (χ1n) is 13.9. The summed E-state index contributed by atoms with van der Waals surface area (Å²) in [6.45, 7) is 7.13. The fourth-order valence-electron chi connectivity index (χ4n) is 3.10. The van der Waals surface area contributed by atoms with Crippen LogP contribution in [-0.4, -0.2) is 36.7 Å². The van der Waals surface area contributed by atoms with Gasteiger partial charge in [0, 0.05) is 36.2 Å². The zero-order chi connectivity index (χ0) is 31.8. The van der Waals surface area contributed by atoms with Crippen molar-refractivity contribution in [3.63, 3.8) is 0 Å². The summed E-state index contributed by atoms with van der Waals surface area (Å²) < 4.78 is 23.9. The molecule has 2 aromatic rings. The summed E-state index contributed by atoms with van der Waals surface area (Å²) in [7, 11) is 0. The Morgan fingerprint density at radius 2 is 1.76 bits per heavy atom. The number of nitrogens with zero attached hydrogens (tertiary/aromatic N) is 2. The number of benzene rings is 1. The number of hydrogen-bond acceptors (Lipinski definition) is 5. The van der Waals surface area contributed by atoms with Crippen LogP contribution in [0.4, 0.5) is 8.78 Å². The van der Waals surface area contributed by atoms with Crippen LogP contribution >= 0.6 is 0 Å². The van der Waals surface area contributed by atoms with E-state index in [1.54, 1.807) is 24.6 Å². The lowest BCUT2D eigenvalue weighted by Gasteiger charge is -2.07. The van der Waals surface area contributed by atoms with Gasteiger partial charge in [0.15, 0.2) is 0 Å². The van der Waals surface area contributed by atoms with Gasteiger partial charge in [-0.3, -0.25) is 19.6 Å². The zero-order valence-electron chi connectivity index (χ0n) is 25.0. The SMILES string of the molecule is C#C/C=C\C=N/CNC(=O)Cc1cc(C#CCCCCCCC)cnc1CC.CCN.Fc1cccc(F)c1.NC=O. The lowest BCUT2D eigenvalue weighted by molar-refractivity contribution is -0.120. The normalized spacial score (nSPS) is 9.55. The Morgan fingerprint density at radius 3 is 2.31 bits per heavy atom. The summed E-state index contributed by atoms with van der Waals surface area (Å²) in [6, 6.07) is 6.53. The molecular weight excluding hydrogens is 536 g/mol. The molecule has 0 bridgehead atoms. The van der Waals surface area contributed by atoms with Crippen LogP contribution < -0.4 is 16.8 Å². The molecule has 0 saturated carbocycles. The Balaban J connectivity index is 0. The van der Waals surface area contributed by atoms with Crippen molar-refractivity contribution >= 4 is 18.5 Å². The molecule has 0 unspecified atom stereocenters. The molecule has 7 nitrogen and oxygen atoms in total. The van der Waals surface area contributed by atoms with Crippen molar-refractivity contribution in [1.82, 2.24) is 10.3 Å². The average molecular weight is 582 g/mol. The fourth-order valence-corrected chi connectivity index (χ4v) is 3.10. The lowest BCUT2D eigenvalue weighted by Crippen LogP contribution is -2.25. The predicted molar refractivity (Wildman–Crippen MR) is 168 cm³/mol. The van der Waals surface area contributed by atoms with E-state index in [1.807, 2.05) is 19.9 Å². The number of terminal acetylenes is 1. The van der Waals surface area contributed by atoms with Crippen LogP contribution in [0, 0.1) is 35.8 Å². The molecule has 1 aromatic heterocycles. The largest absolute Gasteiger partial charge is 0.372 e. The van der Waals surface area contributed by atoms with Crippen LogP contribution in [0.5, 0.6) is 0 Å². The van der Waals surface area contributed by atoms with E-state index in [2.05, 4.69) is 45.7 Å². The maximum atomic E-state index is 12.2. The summed E-state index contributed by atoms with van der Waals surface area (Å²) in [5.41, 5.74) is 11.7. The first-order valence-corrected chi connectivity index (χ1v) is 13.9. The second-order valence-electron chi connectivity index (χ2n) is 8.43. The standard InChI is InChI=1S/C24H31N3O.C6H4F2.C2H7N.CH3NO/c1-4-7-9-10-11-12-13-15-21-17-22(23(6-3)26-19-21)18-24(28)27-20-25-16-14-8-5-2;7-5-2-1-3-6(8)4-5;1-2-3;2-1-3/h2,8,14,16-17,19H,4,6-7,9-12,18,20H2,1,3H3,(H,27,28);1-4H;2-3H2,1H3;1H,(H2,2,3)/b14-8-,25-16-;;;. The van der Waals surface area contributed by atoms with Crippen LogP contribution in [0.25, 0.3) is 0 Å². The van der Waals surface area contributed by atoms with Crippen molar-refractivity contribution in [2.24, 2.45) is 16.5 Å². The summed E-state index contributed by atoms with van der Waals surface area (Å²) in [4.78, 5) is 29.3. The van der Waals surface area contributed by atoms with Crippen LogP contribution in [0.1, 0.15) is 76.1 Å². The van der Waals surface area contributed by atoms with Gasteiger partial charge in [0.2, 0.25) is 12.3 Å². The molecule has 9 heteroatoms. The molecule has 42 heavy (non-hydrogen) atoms. The number of aliphatic imine (C=N–C) groups is 1. The highest BCUT2D eigenvalue weighted by Gasteiger charge is 2.08. The van der Waals surface area contributed by atoms with Crippen LogP contribution in [0.3, 0.4) is 0 Å². The smallest absolute Gasteiger partial charge is 0.225 e. The Morgan fingerprint density at radius 1 is 1.12 bits per heavy atom. The molecule has 0 aliphatic rings. The molecular formula is C33H45F2N5O2. The summed E-state index contributed by atoms with van der Waals surface area (Å²) in [6.07, 6.45) is 20.1. The number of aryl methyl sites for hydroxylation is 1. The van der Waals surface area contributed by atoms with Crippen LogP contribution in [0.2, 0.25) is 0 Å². The van der Waals surface area contributed by atoms with E-state index in [0.29, 0.717) is 0 Å². The Labute approximate surface area is 250 Å². The van der Waals surface area contributed by atoms with Crippen molar-refractivity contribution in [1.29, 1.82) is 0 Å². The molecule has 228 valence electrons. The number of aromatic nitrogens is 1. The number of primary amides is 1. The lowest BCUT2D eigenvalue weighted by atomic mass is 10.1. The quantitative estimate of drug-likeness (QED) is 0.145. The number of hydrogen-bond donors (Lipinski definition) is 3. The Bertz CT molecular complexity index is 1150. The molecule has 0 aliphatic carbocycles. The maximum Gasteiger partial charge on any atom is 0.225 e. The molecule has 1 heterocycles. The third kappa shape index (κ3) is 24.7. The molecule has 0 radical (unpaired) electrons. The van der Waals surface area contributed by atoms with Crippen molar-refractivity contribution in [2.75, 3.05) is 13.2 Å². The minimum absolute atomic E-state index is 0.0874. The van der Waals surface area contributed by atoms with E-state index in [4.69, 9.17) is 17.0 Å². The number of pyridine rings is 1. The Hall–Kier alpha value is -4.34. The minimum atomic E-state index is -0.537. The molecule has 0 saturated heterocycles. The predicted octanol–water partition coefficient (Wildman–Crippen LogP) is 5.26. The van der Waals surface area contributed by atoms with Crippen molar-refractivity contribution < 1.29 is 18.4 Å². The highest BCUT2D eigenvalue weighted by Crippen LogP contribution is 2.11. The van der Waals surface area contributed by atoms with E-state index in [1.165, 1.54) is 43.9 Å². The van der Waals surface area contributed by atoms with Gasteiger partial charge in [-0.05, 0) is 55.3 Å². The maximum absolute atomic E-state index is 12.2. The molecule has 2 rings (SSSR count). The number of carbonyl (C=O) groups is 2. The third-order valence-corrected chi connectivity index (χ3v) is 4.92. The number of nitrogens with two attached hydrogens (primary N) is 2. The fraction of sp³-hybridized carbons (Fsp3) is 0.394. The van der Waals surface area contributed by atoms with E-state index < -0.39 is 11.6 Å². The van der Waals surface area contributed by atoms with Crippen molar-refractivity contribution in [3.8, 4) is 24.2 Å². The van der Waals surface area contributed by atoms with Crippen molar-refractivity contribution in [2.45, 2.75) is 72.1 Å². The van der Waals surface area contributed by atoms with E-state index in [9.17, 15) is 13.6 Å². The average Bonchev–Trinajstić information content (AvgIpc) is 2.96. The first kappa shape index (κ1) is 39.8. The van der Waals surface area contributed by atoms with Gasteiger partial charge in [-0.2, -0.15) is 0 Å². The van der Waals surface area contributed by atoms with Gasteiger partial charge in [0.05, 0.1) is 6.42 Å². The van der Waals surface area contributed by atoms with E-state index in [0.717, 1.165) is 48.7 Å². The van der Waals surface area contributed by atoms with Gasteiger partial charge < -0.3 is 16.8 Å². The first-order chi connectivity index (χ1) is 20.3. The number of unbranched alkanes of at least 4 members (excludes halogenated alkanes) is 5. The van der Waals surface area contributed by atoms with Gasteiger partial charge >= 0.3 is 0 Å². The van der Waals surface area contributed by atoms with Gasteiger partial charge in [-0.25, -0.2) is 8.78 Å². The minimum Gasteiger partial charge on any atom is -0.372 e. The zero-order valence-corrected chi connectivity index (χ0v) is 25.0. The van der Waals surface area contributed by atoms with Crippen LogP contribution in [0.15, 0.2) is 53.7 Å². The summed E-state index contributed by atoms with van der Waals surface area (Å²) >= 11 is 0. The third-order valence-electron chi connectivity index (χ3n) is 4.92. The second-order valence-corrected chi connectivity index (χ2v) is 8.43. The number of amides is 2. The van der Waals surface area contributed by atoms with Gasteiger partial charge in [-0.15, -0.1) is 6.42 Å². The summed E-state index contributed by atoms with van der Waals surface area (Å²) in [5.74, 6) is 7.61. The van der Waals surface area contributed by atoms with Crippen molar-refractivity contribution in [3.05, 3.63) is 77.1 Å². The molecule has 0 aliphatic heterocycles. The molecule has 2 amide bonds. The molecule has 0 fully saturated rings. The number of nitrogens with one attached hydrogen (secondary N) is 1. The van der Waals surface area contributed by atoms with Gasteiger partial charge in [-0.1, -0.05) is 70.3 Å². The number of rotatable bonds is 11. The molecule has 0 spiro atoms. The number of halogens is 2. The van der Waals surface area contributed by atoms with Gasteiger partial charge in [0.1, 0.15) is 18.3 Å². The topological polar surface area (TPSA) is 123 Å².